The molecule has 1 aromatic rings. The molecule has 0 aliphatic rings. The number of hydrogen-bond acceptors (Lipinski definition) is 3. The summed E-state index contributed by atoms with van der Waals surface area (Å²) in [6.45, 7) is 6.56. The van der Waals surface area contributed by atoms with Gasteiger partial charge in [0.2, 0.25) is 0 Å². The minimum Gasteiger partial charge on any atom is -0.388 e. The summed E-state index contributed by atoms with van der Waals surface area (Å²) in [7, 11) is 0. The van der Waals surface area contributed by atoms with Gasteiger partial charge in [0.25, 0.3) is 5.91 Å². The molecule has 0 heterocycles. The summed E-state index contributed by atoms with van der Waals surface area (Å²) in [5, 5.41) is 14.7. The van der Waals surface area contributed by atoms with Crippen molar-refractivity contribution in [3.8, 4) is 6.07 Å². The molecule has 0 saturated carbocycles. The molecule has 5 heteroatoms. The molecule has 1 rings (SSSR count). The van der Waals surface area contributed by atoms with Crippen molar-refractivity contribution in [2.24, 2.45) is 0 Å². The van der Waals surface area contributed by atoms with E-state index in [0.717, 1.165) is 16.8 Å². The third-order valence-electron chi connectivity index (χ3n) is 3.02. The number of nitriles is 1. The second-order valence-corrected chi connectivity index (χ2v) is 5.34. The average molecular weight is 306 g/mol. The van der Waals surface area contributed by atoms with Crippen LogP contribution in [0.1, 0.15) is 30.9 Å². The molecular formula is C16H20ClN3O. The van der Waals surface area contributed by atoms with Crippen LogP contribution in [0.4, 0.5) is 5.69 Å². The number of carbonyl (C=O) groups excluding carboxylic acids is 1. The zero-order valence-electron chi connectivity index (χ0n) is 12.5. The summed E-state index contributed by atoms with van der Waals surface area (Å²) < 4.78 is 0. The number of para-hydroxylation sites is 1. The molecular weight excluding hydrogens is 286 g/mol. The van der Waals surface area contributed by atoms with Gasteiger partial charge in [-0.25, -0.2) is 0 Å². The topological polar surface area (TPSA) is 64.9 Å². The van der Waals surface area contributed by atoms with Crippen LogP contribution >= 0.6 is 11.6 Å². The van der Waals surface area contributed by atoms with Gasteiger partial charge < -0.3 is 10.6 Å². The molecule has 4 nitrogen and oxygen atoms in total. The number of benzene rings is 1. The first kappa shape index (κ1) is 17.1. The Morgan fingerprint density at radius 2 is 2.19 bits per heavy atom. The predicted octanol–water partition coefficient (Wildman–Crippen LogP) is 3.29. The summed E-state index contributed by atoms with van der Waals surface area (Å²) in [5.74, 6) is 0.270. The Bertz CT molecular complexity index is 573. The smallest absolute Gasteiger partial charge is 0.267 e. The van der Waals surface area contributed by atoms with Crippen molar-refractivity contribution in [1.82, 2.24) is 5.32 Å². The molecule has 2 N–H and O–H groups in total. The highest BCUT2D eigenvalue weighted by Crippen LogP contribution is 2.27. The number of halogens is 1. The quantitative estimate of drug-likeness (QED) is 0.367. The van der Waals surface area contributed by atoms with E-state index in [2.05, 4.69) is 24.5 Å². The number of nitrogens with one attached hydrogen (secondary N) is 2. The van der Waals surface area contributed by atoms with Crippen molar-refractivity contribution in [3.05, 3.63) is 41.1 Å². The Hall–Kier alpha value is -1.99. The van der Waals surface area contributed by atoms with Crippen LogP contribution in [0.15, 0.2) is 30.0 Å². The molecule has 112 valence electrons. The molecule has 0 fully saturated rings. The average Bonchev–Trinajstić information content (AvgIpc) is 2.45. The molecule has 1 aromatic carbocycles. The molecule has 0 bridgehead atoms. The van der Waals surface area contributed by atoms with Crippen molar-refractivity contribution in [1.29, 1.82) is 5.26 Å². The number of anilines is 1. The van der Waals surface area contributed by atoms with E-state index in [4.69, 9.17) is 16.9 Å². The number of amides is 1. The molecule has 0 radical (unpaired) electrons. The number of alkyl halides is 1. The van der Waals surface area contributed by atoms with E-state index in [-0.39, 0.29) is 11.5 Å². The minimum absolute atomic E-state index is 0.0260. The molecule has 0 spiro atoms. The van der Waals surface area contributed by atoms with Gasteiger partial charge in [-0.2, -0.15) is 5.26 Å². The zero-order chi connectivity index (χ0) is 15.8. The van der Waals surface area contributed by atoms with Gasteiger partial charge in [-0.15, -0.1) is 11.6 Å². The monoisotopic (exact) mass is 305 g/mol. The van der Waals surface area contributed by atoms with Gasteiger partial charge in [0.1, 0.15) is 11.6 Å². The largest absolute Gasteiger partial charge is 0.388 e. The highest BCUT2D eigenvalue weighted by Gasteiger charge is 2.14. The molecule has 21 heavy (non-hydrogen) atoms. The lowest BCUT2D eigenvalue weighted by atomic mass is 9.98. The lowest BCUT2D eigenvalue weighted by Crippen LogP contribution is -2.19. The lowest BCUT2D eigenvalue weighted by molar-refractivity contribution is -0.112. The van der Waals surface area contributed by atoms with E-state index in [9.17, 15) is 4.79 Å². The van der Waals surface area contributed by atoms with Crippen LogP contribution in [0.3, 0.4) is 0 Å². The molecule has 0 atom stereocenters. The first-order valence-corrected chi connectivity index (χ1v) is 7.35. The van der Waals surface area contributed by atoms with Crippen molar-refractivity contribution in [3.63, 3.8) is 0 Å². The molecule has 0 saturated heterocycles. The summed E-state index contributed by atoms with van der Waals surface area (Å²) in [6, 6.07) is 7.77. The maximum absolute atomic E-state index is 12.2. The van der Waals surface area contributed by atoms with Crippen LogP contribution in [0.2, 0.25) is 0 Å². The first-order valence-electron chi connectivity index (χ1n) is 6.81. The van der Waals surface area contributed by atoms with Gasteiger partial charge in [-0.05, 0) is 24.0 Å². The van der Waals surface area contributed by atoms with Crippen molar-refractivity contribution < 1.29 is 4.79 Å². The van der Waals surface area contributed by atoms with Crippen molar-refractivity contribution in [2.45, 2.75) is 26.7 Å². The van der Waals surface area contributed by atoms with Gasteiger partial charge in [0.05, 0.1) is 0 Å². The van der Waals surface area contributed by atoms with Crippen LogP contribution in [0, 0.1) is 18.3 Å². The van der Waals surface area contributed by atoms with Crippen LogP contribution in [0.5, 0.6) is 0 Å². The van der Waals surface area contributed by atoms with E-state index in [1.165, 1.54) is 6.20 Å². The summed E-state index contributed by atoms with van der Waals surface area (Å²) >= 11 is 5.54. The van der Waals surface area contributed by atoms with Gasteiger partial charge in [-0.3, -0.25) is 4.79 Å². The molecule has 1 amide bonds. The van der Waals surface area contributed by atoms with E-state index in [1.54, 1.807) is 0 Å². The second kappa shape index (κ2) is 8.33. The third kappa shape index (κ3) is 4.80. The Morgan fingerprint density at radius 3 is 2.76 bits per heavy atom. The normalized spacial score (nSPS) is 11.1. The van der Waals surface area contributed by atoms with Gasteiger partial charge in [0, 0.05) is 24.3 Å². The fourth-order valence-electron chi connectivity index (χ4n) is 1.90. The Kier molecular flexibility index (Phi) is 6.77. The fourth-order valence-corrected chi connectivity index (χ4v) is 2.01. The van der Waals surface area contributed by atoms with Crippen LogP contribution < -0.4 is 10.6 Å². The predicted molar refractivity (Wildman–Crippen MR) is 86.3 cm³/mol. The van der Waals surface area contributed by atoms with E-state index in [0.29, 0.717) is 12.4 Å². The number of nitrogens with zero attached hydrogens (tertiary/aromatic N) is 1. The number of hydrogen-bond donors (Lipinski definition) is 2. The van der Waals surface area contributed by atoms with Crippen LogP contribution in [-0.2, 0) is 4.79 Å². The molecule has 0 aliphatic heterocycles. The Labute approximate surface area is 130 Å². The van der Waals surface area contributed by atoms with Crippen LogP contribution in [-0.4, -0.2) is 18.3 Å². The highest BCUT2D eigenvalue weighted by molar-refractivity contribution is 6.18. The number of rotatable bonds is 6. The SMILES string of the molecule is Cc1cccc(C(C)C)c1NC(=O)/C(C#N)=C\NCCCl. The highest BCUT2D eigenvalue weighted by atomic mass is 35.5. The minimum atomic E-state index is -0.421. The van der Waals surface area contributed by atoms with E-state index < -0.39 is 5.91 Å². The number of carbonyl (C=O) groups is 1. The zero-order valence-corrected chi connectivity index (χ0v) is 13.3. The Balaban J connectivity index is 2.98. The van der Waals surface area contributed by atoms with Gasteiger partial charge in [-0.1, -0.05) is 32.0 Å². The van der Waals surface area contributed by atoms with Crippen molar-refractivity contribution in [2.75, 3.05) is 17.7 Å². The van der Waals surface area contributed by atoms with Crippen molar-refractivity contribution >= 4 is 23.2 Å². The standard InChI is InChI=1S/C16H20ClN3O/c1-11(2)14-6-4-5-12(3)15(14)20-16(21)13(9-18)10-19-8-7-17/h4-6,10-11,19H,7-8H2,1-3H3,(H,20,21)/b13-10-. The summed E-state index contributed by atoms with van der Waals surface area (Å²) in [4.78, 5) is 12.2. The maximum atomic E-state index is 12.2. The fraction of sp³-hybridized carbons (Fsp3) is 0.375. The molecule has 0 unspecified atom stereocenters. The van der Waals surface area contributed by atoms with E-state index >= 15 is 0 Å². The maximum Gasteiger partial charge on any atom is 0.267 e. The van der Waals surface area contributed by atoms with Gasteiger partial charge in [0.15, 0.2) is 0 Å². The number of aryl methyl sites for hydroxylation is 1. The summed E-state index contributed by atoms with van der Waals surface area (Å²) in [5.41, 5.74) is 2.82. The molecule has 0 aromatic heterocycles. The lowest BCUT2D eigenvalue weighted by Gasteiger charge is -2.16. The Morgan fingerprint density at radius 1 is 1.48 bits per heavy atom. The summed E-state index contributed by atoms with van der Waals surface area (Å²) in [6.07, 6.45) is 1.39. The van der Waals surface area contributed by atoms with Crippen LogP contribution in [0.25, 0.3) is 0 Å². The second-order valence-electron chi connectivity index (χ2n) is 4.96. The van der Waals surface area contributed by atoms with Gasteiger partial charge >= 0.3 is 0 Å². The van der Waals surface area contributed by atoms with E-state index in [1.807, 2.05) is 31.2 Å². The molecule has 0 aliphatic carbocycles. The first-order chi connectivity index (χ1) is 10.0. The third-order valence-corrected chi connectivity index (χ3v) is 3.20.